The maximum atomic E-state index is 13.0. The van der Waals surface area contributed by atoms with Gasteiger partial charge in [0.15, 0.2) is 0 Å². The Kier molecular flexibility index (Phi) is 3.81. The van der Waals surface area contributed by atoms with Crippen LogP contribution in [0.1, 0.15) is 36.1 Å². The molecular weight excluding hydrogens is 298 g/mol. The lowest BCUT2D eigenvalue weighted by Crippen LogP contribution is -2.53. The molecule has 0 unspecified atom stereocenters. The summed E-state index contributed by atoms with van der Waals surface area (Å²) in [7, 11) is 0. The molecule has 0 saturated carbocycles. The highest BCUT2D eigenvalue weighted by Crippen LogP contribution is 2.38. The molecule has 1 amide bonds. The van der Waals surface area contributed by atoms with Gasteiger partial charge in [0.2, 0.25) is 0 Å². The quantitative estimate of drug-likeness (QED) is 0.913. The summed E-state index contributed by atoms with van der Waals surface area (Å²) >= 11 is 0. The van der Waals surface area contributed by atoms with Crippen LogP contribution in [0.5, 0.6) is 0 Å². The fourth-order valence-corrected chi connectivity index (χ4v) is 3.04. The van der Waals surface area contributed by atoms with E-state index in [-0.39, 0.29) is 5.91 Å². The number of anilines is 2. The van der Waals surface area contributed by atoms with Gasteiger partial charge in [-0.15, -0.1) is 0 Å². The third-order valence-electron chi connectivity index (χ3n) is 4.53. The van der Waals surface area contributed by atoms with E-state index in [1.807, 2.05) is 43.9 Å². The van der Waals surface area contributed by atoms with Gasteiger partial charge in [-0.05, 0) is 68.7 Å². The van der Waals surface area contributed by atoms with Crippen molar-refractivity contribution in [2.24, 2.45) is 0 Å². The zero-order valence-electron chi connectivity index (χ0n) is 14.5. The normalized spacial score (nSPS) is 15.5. The highest BCUT2D eigenvalue weighted by molar-refractivity contribution is 6.07. The van der Waals surface area contributed by atoms with Crippen LogP contribution < -0.4 is 10.2 Å². The number of nitriles is 1. The molecule has 0 fully saturated rings. The first-order chi connectivity index (χ1) is 11.3. The smallest absolute Gasteiger partial charge is 0.252 e. The number of benzene rings is 2. The number of hydrogen-bond donors (Lipinski definition) is 1. The van der Waals surface area contributed by atoms with E-state index >= 15 is 0 Å². The van der Waals surface area contributed by atoms with Gasteiger partial charge in [-0.2, -0.15) is 5.26 Å². The van der Waals surface area contributed by atoms with E-state index in [1.54, 1.807) is 6.07 Å². The Morgan fingerprint density at radius 2 is 1.88 bits per heavy atom. The molecule has 4 heteroatoms. The molecule has 2 aromatic rings. The molecule has 0 spiro atoms. The fraction of sp³-hybridized carbons (Fsp3) is 0.300. The molecular formula is C20H21N3O. The summed E-state index contributed by atoms with van der Waals surface area (Å²) in [5.41, 5.74) is 5.10. The van der Waals surface area contributed by atoms with E-state index < -0.39 is 5.54 Å². The third-order valence-corrected chi connectivity index (χ3v) is 4.53. The van der Waals surface area contributed by atoms with Crippen molar-refractivity contribution in [2.75, 3.05) is 10.2 Å². The SMILES string of the molecule is Cc1cc2c(cc1C)N(Cc1cccc(C#N)c1)C(=O)C(C)(C)N2. The molecule has 2 aromatic carbocycles. The van der Waals surface area contributed by atoms with Gasteiger partial charge in [0.25, 0.3) is 5.91 Å². The van der Waals surface area contributed by atoms with Gasteiger partial charge in [0.1, 0.15) is 5.54 Å². The number of fused-ring (bicyclic) bond motifs is 1. The van der Waals surface area contributed by atoms with Crippen molar-refractivity contribution in [1.29, 1.82) is 5.26 Å². The number of amides is 1. The van der Waals surface area contributed by atoms with Crippen molar-refractivity contribution in [3.63, 3.8) is 0 Å². The minimum absolute atomic E-state index is 0.0283. The second-order valence-corrected chi connectivity index (χ2v) is 6.91. The molecule has 1 N–H and O–H groups in total. The van der Waals surface area contributed by atoms with E-state index in [9.17, 15) is 4.79 Å². The molecule has 3 rings (SSSR count). The highest BCUT2D eigenvalue weighted by atomic mass is 16.2. The lowest BCUT2D eigenvalue weighted by atomic mass is 9.95. The Labute approximate surface area is 142 Å². The lowest BCUT2D eigenvalue weighted by Gasteiger charge is -2.40. The van der Waals surface area contributed by atoms with E-state index in [1.165, 1.54) is 5.56 Å². The maximum Gasteiger partial charge on any atom is 0.252 e. The first kappa shape index (κ1) is 16.1. The van der Waals surface area contributed by atoms with Gasteiger partial charge < -0.3 is 10.2 Å². The van der Waals surface area contributed by atoms with Gasteiger partial charge >= 0.3 is 0 Å². The number of rotatable bonds is 2. The molecule has 1 heterocycles. The minimum atomic E-state index is -0.665. The summed E-state index contributed by atoms with van der Waals surface area (Å²) in [4.78, 5) is 14.8. The Hall–Kier alpha value is -2.80. The zero-order valence-corrected chi connectivity index (χ0v) is 14.5. The first-order valence-corrected chi connectivity index (χ1v) is 8.02. The Bertz CT molecular complexity index is 862. The van der Waals surface area contributed by atoms with Crippen molar-refractivity contribution >= 4 is 17.3 Å². The van der Waals surface area contributed by atoms with Gasteiger partial charge in [0.05, 0.1) is 29.6 Å². The Morgan fingerprint density at radius 3 is 2.58 bits per heavy atom. The Morgan fingerprint density at radius 1 is 1.17 bits per heavy atom. The van der Waals surface area contributed by atoms with Gasteiger partial charge in [-0.25, -0.2) is 0 Å². The number of aryl methyl sites for hydroxylation is 2. The molecule has 0 radical (unpaired) electrons. The van der Waals surface area contributed by atoms with Crippen LogP contribution in [-0.4, -0.2) is 11.4 Å². The second kappa shape index (κ2) is 5.68. The van der Waals surface area contributed by atoms with Crippen LogP contribution in [0.25, 0.3) is 0 Å². The van der Waals surface area contributed by atoms with Crippen molar-refractivity contribution in [2.45, 2.75) is 39.8 Å². The van der Waals surface area contributed by atoms with E-state index in [0.29, 0.717) is 12.1 Å². The summed E-state index contributed by atoms with van der Waals surface area (Å²) in [5.74, 6) is 0.0283. The first-order valence-electron chi connectivity index (χ1n) is 8.02. The molecule has 0 bridgehead atoms. The third kappa shape index (κ3) is 2.74. The van der Waals surface area contributed by atoms with Crippen LogP contribution in [0.2, 0.25) is 0 Å². The monoisotopic (exact) mass is 319 g/mol. The average molecular weight is 319 g/mol. The lowest BCUT2D eigenvalue weighted by molar-refractivity contribution is -0.122. The van der Waals surface area contributed by atoms with Gasteiger partial charge in [-0.1, -0.05) is 12.1 Å². The predicted molar refractivity (Wildman–Crippen MR) is 96.0 cm³/mol. The molecule has 122 valence electrons. The van der Waals surface area contributed by atoms with Crippen molar-refractivity contribution in [3.8, 4) is 6.07 Å². The topological polar surface area (TPSA) is 56.1 Å². The molecule has 1 aliphatic rings. The van der Waals surface area contributed by atoms with Crippen LogP contribution >= 0.6 is 0 Å². The van der Waals surface area contributed by atoms with E-state index in [2.05, 4.69) is 30.4 Å². The minimum Gasteiger partial charge on any atom is -0.370 e. The fourth-order valence-electron chi connectivity index (χ4n) is 3.04. The van der Waals surface area contributed by atoms with Crippen molar-refractivity contribution in [3.05, 3.63) is 58.7 Å². The average Bonchev–Trinajstić information content (AvgIpc) is 2.54. The standard InChI is InChI=1S/C20H21N3O/c1-13-8-17-18(9-14(13)2)23(19(24)20(3,4)22-17)12-16-7-5-6-15(10-16)11-21/h5-10,22H,12H2,1-4H3. The predicted octanol–water partition coefficient (Wildman–Crippen LogP) is 3.91. The molecule has 0 aliphatic carbocycles. The van der Waals surface area contributed by atoms with Crippen molar-refractivity contribution in [1.82, 2.24) is 0 Å². The number of nitrogens with zero attached hydrogens (tertiary/aromatic N) is 2. The second-order valence-electron chi connectivity index (χ2n) is 6.91. The molecule has 0 aromatic heterocycles. The van der Waals surface area contributed by atoms with Crippen LogP contribution in [-0.2, 0) is 11.3 Å². The Balaban J connectivity index is 2.07. The van der Waals surface area contributed by atoms with Crippen LogP contribution in [0.15, 0.2) is 36.4 Å². The maximum absolute atomic E-state index is 13.0. The molecule has 0 atom stereocenters. The number of hydrogen-bond acceptors (Lipinski definition) is 3. The summed E-state index contributed by atoms with van der Waals surface area (Å²) in [5, 5.41) is 12.4. The molecule has 0 saturated heterocycles. The van der Waals surface area contributed by atoms with Crippen molar-refractivity contribution < 1.29 is 4.79 Å². The number of carbonyl (C=O) groups is 1. The van der Waals surface area contributed by atoms with E-state index in [4.69, 9.17) is 5.26 Å². The summed E-state index contributed by atoms with van der Waals surface area (Å²) < 4.78 is 0. The summed E-state index contributed by atoms with van der Waals surface area (Å²) in [6, 6.07) is 13.7. The highest BCUT2D eigenvalue weighted by Gasteiger charge is 2.38. The largest absolute Gasteiger partial charge is 0.370 e. The van der Waals surface area contributed by atoms with Gasteiger partial charge in [-0.3, -0.25) is 4.79 Å². The van der Waals surface area contributed by atoms with Gasteiger partial charge in [0, 0.05) is 0 Å². The molecule has 24 heavy (non-hydrogen) atoms. The number of nitrogens with one attached hydrogen (secondary N) is 1. The number of carbonyl (C=O) groups excluding carboxylic acids is 1. The summed E-state index contributed by atoms with van der Waals surface area (Å²) in [6.07, 6.45) is 0. The van der Waals surface area contributed by atoms with Crippen LogP contribution in [0, 0.1) is 25.2 Å². The van der Waals surface area contributed by atoms with Crippen LogP contribution in [0.4, 0.5) is 11.4 Å². The van der Waals surface area contributed by atoms with Crippen LogP contribution in [0.3, 0.4) is 0 Å². The van der Waals surface area contributed by atoms with E-state index in [0.717, 1.165) is 22.5 Å². The molecule has 4 nitrogen and oxygen atoms in total. The molecule has 1 aliphatic heterocycles. The zero-order chi connectivity index (χ0) is 17.5. The summed E-state index contributed by atoms with van der Waals surface area (Å²) in [6.45, 7) is 8.36.